The van der Waals surface area contributed by atoms with Crippen molar-refractivity contribution >= 4 is 11.4 Å². The quantitative estimate of drug-likeness (QED) is 0.277. The van der Waals surface area contributed by atoms with Crippen molar-refractivity contribution in [1.82, 2.24) is 4.98 Å². The Kier molecular flexibility index (Phi) is 5.04. The molecule has 0 saturated carbocycles. The maximum Gasteiger partial charge on any atom is 0.0742 e. The van der Waals surface area contributed by atoms with Crippen molar-refractivity contribution in [3.05, 3.63) is 149 Å². The molecule has 0 aliphatic carbocycles. The molecule has 1 aromatic heterocycles. The molecule has 2 nitrogen and oxygen atoms in total. The van der Waals surface area contributed by atoms with E-state index in [-0.39, 0.29) is 0 Å². The number of hydrogen-bond acceptors (Lipinski definition) is 2. The molecule has 0 fully saturated rings. The minimum Gasteiger partial charge on any atom is -0.344 e. The van der Waals surface area contributed by atoms with Crippen molar-refractivity contribution in [3.8, 4) is 11.3 Å². The first kappa shape index (κ1) is 21.4. The summed E-state index contributed by atoms with van der Waals surface area (Å²) < 4.78 is 0. The molecule has 0 N–H and O–H groups in total. The van der Waals surface area contributed by atoms with Crippen LogP contribution in [0, 0.1) is 13.8 Å². The fourth-order valence-electron chi connectivity index (χ4n) is 5.68. The predicted molar refractivity (Wildman–Crippen MR) is 146 cm³/mol. The summed E-state index contributed by atoms with van der Waals surface area (Å²) in [6.45, 7) is 4.30. The highest BCUT2D eigenvalue weighted by Crippen LogP contribution is 2.57. The summed E-state index contributed by atoms with van der Waals surface area (Å²) >= 11 is 0. The smallest absolute Gasteiger partial charge is 0.0742 e. The fraction of sp³-hybridized carbons (Fsp3) is 0.121. The summed E-state index contributed by atoms with van der Waals surface area (Å²) in [5.74, 6) is 0. The lowest BCUT2D eigenvalue weighted by Crippen LogP contribution is -2.38. The zero-order chi connectivity index (χ0) is 24.0. The van der Waals surface area contributed by atoms with Crippen LogP contribution in [0.1, 0.15) is 33.4 Å². The van der Waals surface area contributed by atoms with E-state index in [0.717, 1.165) is 11.3 Å². The Hall–Kier alpha value is -4.17. The van der Waals surface area contributed by atoms with Gasteiger partial charge < -0.3 is 4.90 Å². The number of pyridine rings is 1. The van der Waals surface area contributed by atoms with Gasteiger partial charge in [-0.3, -0.25) is 4.98 Å². The van der Waals surface area contributed by atoms with Crippen LogP contribution in [0.4, 0.5) is 11.4 Å². The molecule has 170 valence electrons. The Balaban J connectivity index is 1.79. The standard InChI is InChI=1S/C33H28N2/c1-23-14-18-25(19-15-23)33(26-20-16-24(2)17-21-26)28-10-4-5-13-31(28)35(3)32-27(9-8-11-29(32)33)30-12-6-7-22-34-30/h4-22H,1-3H3. The van der Waals surface area contributed by atoms with Crippen molar-refractivity contribution in [1.29, 1.82) is 0 Å². The topological polar surface area (TPSA) is 16.1 Å². The lowest BCUT2D eigenvalue weighted by Gasteiger charge is -2.46. The maximum absolute atomic E-state index is 4.74. The largest absolute Gasteiger partial charge is 0.344 e. The van der Waals surface area contributed by atoms with Crippen molar-refractivity contribution in [3.63, 3.8) is 0 Å². The van der Waals surface area contributed by atoms with Gasteiger partial charge in [0.1, 0.15) is 0 Å². The van der Waals surface area contributed by atoms with Crippen LogP contribution < -0.4 is 4.90 Å². The van der Waals surface area contributed by atoms with Crippen LogP contribution in [0.25, 0.3) is 11.3 Å². The Bertz CT molecular complexity index is 1450. The van der Waals surface area contributed by atoms with E-state index in [9.17, 15) is 0 Å². The zero-order valence-corrected chi connectivity index (χ0v) is 20.4. The van der Waals surface area contributed by atoms with E-state index >= 15 is 0 Å². The van der Waals surface area contributed by atoms with Gasteiger partial charge in [-0.15, -0.1) is 0 Å². The van der Waals surface area contributed by atoms with Crippen molar-refractivity contribution in [2.24, 2.45) is 0 Å². The molecule has 2 heteroatoms. The normalized spacial score (nSPS) is 13.7. The van der Waals surface area contributed by atoms with Crippen molar-refractivity contribution < 1.29 is 0 Å². The molecule has 0 saturated heterocycles. The average Bonchev–Trinajstić information content (AvgIpc) is 2.91. The summed E-state index contributed by atoms with van der Waals surface area (Å²) in [4.78, 5) is 7.08. The molecule has 35 heavy (non-hydrogen) atoms. The van der Waals surface area contributed by atoms with Crippen LogP contribution in [-0.4, -0.2) is 12.0 Å². The van der Waals surface area contributed by atoms with Gasteiger partial charge in [0.25, 0.3) is 0 Å². The highest BCUT2D eigenvalue weighted by Gasteiger charge is 2.46. The van der Waals surface area contributed by atoms with E-state index in [0.29, 0.717) is 0 Å². The SMILES string of the molecule is Cc1ccc(C2(c3ccc(C)cc3)c3ccccc3N(C)c3c(-c4ccccn4)cccc32)cc1. The Morgan fingerprint density at radius 3 is 1.83 bits per heavy atom. The molecule has 0 amide bonds. The first-order valence-electron chi connectivity index (χ1n) is 12.1. The van der Waals surface area contributed by atoms with Crippen LogP contribution >= 0.6 is 0 Å². The van der Waals surface area contributed by atoms with Gasteiger partial charge in [-0.2, -0.15) is 0 Å². The number of para-hydroxylation sites is 2. The van der Waals surface area contributed by atoms with E-state index in [1.54, 1.807) is 0 Å². The number of rotatable bonds is 3. The summed E-state index contributed by atoms with van der Waals surface area (Å²) in [6, 6.07) is 39.8. The summed E-state index contributed by atoms with van der Waals surface area (Å²) in [7, 11) is 2.18. The fourth-order valence-corrected chi connectivity index (χ4v) is 5.68. The third-order valence-corrected chi connectivity index (χ3v) is 7.35. The molecule has 2 heterocycles. The third-order valence-electron chi connectivity index (χ3n) is 7.35. The van der Waals surface area contributed by atoms with Crippen molar-refractivity contribution in [2.45, 2.75) is 19.3 Å². The molecule has 6 rings (SSSR count). The van der Waals surface area contributed by atoms with Crippen LogP contribution in [0.3, 0.4) is 0 Å². The minimum absolute atomic E-state index is 0.454. The van der Waals surface area contributed by atoms with E-state index < -0.39 is 5.41 Å². The molecule has 0 bridgehead atoms. The third kappa shape index (κ3) is 3.21. The van der Waals surface area contributed by atoms with Gasteiger partial charge in [-0.1, -0.05) is 102 Å². The number of nitrogens with zero attached hydrogens (tertiary/aromatic N) is 2. The van der Waals surface area contributed by atoms with E-state index in [1.807, 2.05) is 12.3 Å². The summed E-state index contributed by atoms with van der Waals surface area (Å²) in [6.07, 6.45) is 1.87. The van der Waals surface area contributed by atoms with Crippen LogP contribution in [0.5, 0.6) is 0 Å². The van der Waals surface area contributed by atoms with E-state index in [2.05, 4.69) is 129 Å². The van der Waals surface area contributed by atoms with Gasteiger partial charge in [-0.25, -0.2) is 0 Å². The summed E-state index contributed by atoms with van der Waals surface area (Å²) in [5.41, 5.74) is 11.7. The first-order valence-corrected chi connectivity index (χ1v) is 12.1. The maximum atomic E-state index is 4.74. The molecule has 0 spiro atoms. The van der Waals surface area contributed by atoms with Crippen LogP contribution in [0.2, 0.25) is 0 Å². The highest BCUT2D eigenvalue weighted by molar-refractivity contribution is 5.91. The number of benzene rings is 4. The molecule has 4 aromatic carbocycles. The van der Waals surface area contributed by atoms with Gasteiger partial charge in [0.05, 0.1) is 16.8 Å². The second-order valence-corrected chi connectivity index (χ2v) is 9.47. The molecule has 0 unspecified atom stereocenters. The lowest BCUT2D eigenvalue weighted by molar-refractivity contribution is 0.727. The molecule has 5 aromatic rings. The molecular formula is C33H28N2. The Morgan fingerprint density at radius 1 is 0.600 bits per heavy atom. The second-order valence-electron chi connectivity index (χ2n) is 9.47. The molecular weight excluding hydrogens is 424 g/mol. The average molecular weight is 453 g/mol. The van der Waals surface area contributed by atoms with Crippen LogP contribution in [-0.2, 0) is 5.41 Å². The molecule has 1 aliphatic rings. The highest BCUT2D eigenvalue weighted by atomic mass is 15.1. The Labute approximate surface area is 207 Å². The molecule has 0 radical (unpaired) electrons. The van der Waals surface area contributed by atoms with Gasteiger partial charge in [0, 0.05) is 24.5 Å². The minimum atomic E-state index is -0.454. The first-order chi connectivity index (χ1) is 17.1. The zero-order valence-electron chi connectivity index (χ0n) is 20.4. The van der Waals surface area contributed by atoms with Gasteiger partial charge in [0.2, 0.25) is 0 Å². The number of fused-ring (bicyclic) bond motifs is 2. The summed E-state index contributed by atoms with van der Waals surface area (Å²) in [5, 5.41) is 0. The van der Waals surface area contributed by atoms with Gasteiger partial charge >= 0.3 is 0 Å². The van der Waals surface area contributed by atoms with E-state index in [1.165, 1.54) is 44.8 Å². The second kappa shape index (κ2) is 8.25. The number of anilines is 2. The van der Waals surface area contributed by atoms with Crippen LogP contribution in [0.15, 0.2) is 115 Å². The molecule has 1 aliphatic heterocycles. The van der Waals surface area contributed by atoms with Gasteiger partial charge in [0.15, 0.2) is 0 Å². The van der Waals surface area contributed by atoms with Crippen molar-refractivity contribution in [2.75, 3.05) is 11.9 Å². The van der Waals surface area contributed by atoms with E-state index in [4.69, 9.17) is 4.98 Å². The molecule has 0 atom stereocenters. The predicted octanol–water partition coefficient (Wildman–Crippen LogP) is 7.83. The van der Waals surface area contributed by atoms with Gasteiger partial charge in [-0.05, 0) is 54.3 Å². The number of aryl methyl sites for hydroxylation is 2. The number of hydrogen-bond donors (Lipinski definition) is 0. The Morgan fingerprint density at radius 2 is 1.20 bits per heavy atom. The lowest BCUT2D eigenvalue weighted by atomic mass is 9.62. The monoisotopic (exact) mass is 452 g/mol. The number of aromatic nitrogens is 1.